The average Bonchev–Trinajstić information content (AvgIpc) is 2.41. The number of carbonyl (C=O) groups is 2. The van der Waals surface area contributed by atoms with Gasteiger partial charge in [-0.2, -0.15) is 8.78 Å². The highest BCUT2D eigenvalue weighted by Crippen LogP contribution is 2.14. The number of halogens is 2. The zero-order valence-corrected chi connectivity index (χ0v) is 11.1. The van der Waals surface area contributed by atoms with Crippen molar-refractivity contribution in [1.82, 2.24) is 5.32 Å². The van der Waals surface area contributed by atoms with Gasteiger partial charge in [-0.3, -0.25) is 0 Å². The van der Waals surface area contributed by atoms with Crippen molar-refractivity contribution in [2.24, 2.45) is 0 Å². The standard InChI is InChI=1S/C12H13F2NO4S/c13-11(14)20-7-9(10(16)17)15-12(18)19-6-8-4-2-1-3-5-8/h1-5,9,11H,6-7H2,(H,15,18)(H,16,17). The van der Waals surface area contributed by atoms with Crippen molar-refractivity contribution < 1.29 is 28.2 Å². The monoisotopic (exact) mass is 305 g/mol. The number of alkyl halides is 2. The summed E-state index contributed by atoms with van der Waals surface area (Å²) in [6.07, 6.45) is -0.962. The zero-order valence-electron chi connectivity index (χ0n) is 10.3. The fourth-order valence-corrected chi connectivity index (χ4v) is 1.81. The Morgan fingerprint density at radius 1 is 1.30 bits per heavy atom. The fraction of sp³-hybridized carbons (Fsp3) is 0.333. The van der Waals surface area contributed by atoms with Crippen LogP contribution in [-0.4, -0.2) is 34.7 Å². The number of carboxylic acids is 1. The third-order valence-electron chi connectivity index (χ3n) is 2.19. The van der Waals surface area contributed by atoms with Gasteiger partial charge in [0.1, 0.15) is 12.6 Å². The number of alkyl carbamates (subject to hydrolysis) is 1. The molecule has 0 aliphatic heterocycles. The van der Waals surface area contributed by atoms with E-state index in [1.807, 2.05) is 5.32 Å². The van der Waals surface area contributed by atoms with Gasteiger partial charge >= 0.3 is 12.1 Å². The van der Waals surface area contributed by atoms with Crippen molar-refractivity contribution in [3.8, 4) is 0 Å². The van der Waals surface area contributed by atoms with Crippen molar-refractivity contribution in [3.63, 3.8) is 0 Å². The molecule has 1 unspecified atom stereocenters. The molecule has 0 saturated carbocycles. The Bertz CT molecular complexity index is 444. The van der Waals surface area contributed by atoms with Crippen molar-refractivity contribution in [3.05, 3.63) is 35.9 Å². The molecule has 110 valence electrons. The molecule has 20 heavy (non-hydrogen) atoms. The topological polar surface area (TPSA) is 75.6 Å². The van der Waals surface area contributed by atoms with Gasteiger partial charge in [-0.25, -0.2) is 9.59 Å². The highest BCUT2D eigenvalue weighted by Gasteiger charge is 2.22. The van der Waals surface area contributed by atoms with E-state index < -0.39 is 29.6 Å². The van der Waals surface area contributed by atoms with Crippen molar-refractivity contribution in [1.29, 1.82) is 0 Å². The summed E-state index contributed by atoms with van der Waals surface area (Å²) in [5, 5.41) is 10.8. The second kappa shape index (κ2) is 8.36. The number of hydrogen-bond acceptors (Lipinski definition) is 4. The lowest BCUT2D eigenvalue weighted by molar-refractivity contribution is -0.138. The summed E-state index contributed by atoms with van der Waals surface area (Å²) >= 11 is 0.140. The van der Waals surface area contributed by atoms with Crippen molar-refractivity contribution >= 4 is 23.8 Å². The van der Waals surface area contributed by atoms with Crippen LogP contribution in [0.25, 0.3) is 0 Å². The molecule has 0 spiro atoms. The van der Waals surface area contributed by atoms with Crippen LogP contribution in [0.1, 0.15) is 5.56 Å². The molecule has 0 aromatic heterocycles. The third-order valence-corrected chi connectivity index (χ3v) is 2.97. The Morgan fingerprint density at radius 2 is 1.95 bits per heavy atom. The van der Waals surface area contributed by atoms with Crippen LogP contribution < -0.4 is 5.32 Å². The minimum absolute atomic E-state index is 0.0268. The Balaban J connectivity index is 2.40. The maximum absolute atomic E-state index is 12.0. The van der Waals surface area contributed by atoms with Gasteiger partial charge in [0.25, 0.3) is 5.76 Å². The summed E-state index contributed by atoms with van der Waals surface area (Å²) in [6.45, 7) is -0.0268. The highest BCUT2D eigenvalue weighted by atomic mass is 32.2. The normalized spacial score (nSPS) is 11.9. The van der Waals surface area contributed by atoms with Crippen LogP contribution in [0.2, 0.25) is 0 Å². The molecule has 8 heteroatoms. The number of amides is 1. The lowest BCUT2D eigenvalue weighted by Gasteiger charge is -2.14. The molecule has 1 aromatic carbocycles. The molecule has 0 bridgehead atoms. The first kappa shape index (κ1) is 16.2. The SMILES string of the molecule is O=C(NC(CSC(F)F)C(=O)O)OCc1ccccc1. The molecule has 0 fully saturated rings. The molecule has 1 atom stereocenters. The average molecular weight is 305 g/mol. The second-order valence-electron chi connectivity index (χ2n) is 3.69. The highest BCUT2D eigenvalue weighted by molar-refractivity contribution is 7.99. The molecule has 0 aliphatic carbocycles. The molecule has 1 aromatic rings. The number of carboxylic acid groups (broad SMARTS) is 1. The lowest BCUT2D eigenvalue weighted by atomic mass is 10.2. The predicted octanol–water partition coefficient (Wildman–Crippen LogP) is 2.32. The quantitative estimate of drug-likeness (QED) is 0.808. The first-order valence-electron chi connectivity index (χ1n) is 5.59. The largest absolute Gasteiger partial charge is 0.480 e. The number of nitrogens with one attached hydrogen (secondary N) is 1. The Hall–Kier alpha value is -1.83. The number of thioether (sulfide) groups is 1. The molecule has 1 rings (SSSR count). The minimum Gasteiger partial charge on any atom is -0.480 e. The summed E-state index contributed by atoms with van der Waals surface area (Å²) < 4.78 is 28.8. The first-order chi connectivity index (χ1) is 9.49. The maximum atomic E-state index is 12.0. The maximum Gasteiger partial charge on any atom is 0.408 e. The lowest BCUT2D eigenvalue weighted by Crippen LogP contribution is -2.43. The van der Waals surface area contributed by atoms with E-state index in [2.05, 4.69) is 0 Å². The van der Waals surface area contributed by atoms with Crippen LogP contribution in [0.15, 0.2) is 30.3 Å². The number of aliphatic carboxylic acids is 1. The molecule has 2 N–H and O–H groups in total. The summed E-state index contributed by atoms with van der Waals surface area (Å²) in [7, 11) is 0. The molecular weight excluding hydrogens is 292 g/mol. The Kier molecular flexibility index (Phi) is 6.78. The molecule has 5 nitrogen and oxygen atoms in total. The smallest absolute Gasteiger partial charge is 0.408 e. The van der Waals surface area contributed by atoms with Gasteiger partial charge in [0.05, 0.1) is 0 Å². The second-order valence-corrected chi connectivity index (χ2v) is 4.71. The van der Waals surface area contributed by atoms with Crippen LogP contribution >= 0.6 is 11.8 Å². The van der Waals surface area contributed by atoms with Crippen molar-refractivity contribution in [2.45, 2.75) is 18.4 Å². The molecule has 0 radical (unpaired) electrons. The van der Waals surface area contributed by atoms with Gasteiger partial charge in [0, 0.05) is 5.75 Å². The van der Waals surface area contributed by atoms with E-state index in [-0.39, 0.29) is 18.4 Å². The molecule has 0 saturated heterocycles. The molecule has 1 amide bonds. The van der Waals surface area contributed by atoms with Gasteiger partial charge in [-0.15, -0.1) is 0 Å². The number of rotatable bonds is 7. The van der Waals surface area contributed by atoms with Crippen LogP contribution in [0.3, 0.4) is 0 Å². The summed E-state index contributed by atoms with van der Waals surface area (Å²) in [5.74, 6) is -4.53. The van der Waals surface area contributed by atoms with E-state index in [1.54, 1.807) is 30.3 Å². The van der Waals surface area contributed by atoms with E-state index >= 15 is 0 Å². The van der Waals surface area contributed by atoms with Gasteiger partial charge < -0.3 is 15.2 Å². The van der Waals surface area contributed by atoms with E-state index in [0.29, 0.717) is 0 Å². The minimum atomic E-state index is -2.70. The summed E-state index contributed by atoms with van der Waals surface area (Å²) in [5.41, 5.74) is 0.733. The summed E-state index contributed by atoms with van der Waals surface area (Å²) in [4.78, 5) is 22.2. The first-order valence-corrected chi connectivity index (χ1v) is 6.63. The van der Waals surface area contributed by atoms with Gasteiger partial charge in [-0.1, -0.05) is 42.1 Å². The fourth-order valence-electron chi connectivity index (χ4n) is 1.25. The molecule has 0 aliphatic rings. The van der Waals surface area contributed by atoms with E-state index in [4.69, 9.17) is 9.84 Å². The van der Waals surface area contributed by atoms with Crippen LogP contribution in [0.5, 0.6) is 0 Å². The zero-order chi connectivity index (χ0) is 15.0. The van der Waals surface area contributed by atoms with Crippen LogP contribution in [0.4, 0.5) is 13.6 Å². The van der Waals surface area contributed by atoms with Gasteiger partial charge in [-0.05, 0) is 5.56 Å². The van der Waals surface area contributed by atoms with E-state index in [1.165, 1.54) is 0 Å². The Morgan fingerprint density at radius 3 is 2.50 bits per heavy atom. The number of ether oxygens (including phenoxy) is 1. The predicted molar refractivity (Wildman–Crippen MR) is 69.6 cm³/mol. The number of carbonyl (C=O) groups excluding carboxylic acids is 1. The Labute approximate surface area is 118 Å². The van der Waals surface area contributed by atoms with Gasteiger partial charge in [0.2, 0.25) is 0 Å². The van der Waals surface area contributed by atoms with Crippen LogP contribution in [0, 0.1) is 0 Å². The van der Waals surface area contributed by atoms with Gasteiger partial charge in [0.15, 0.2) is 0 Å². The number of benzene rings is 1. The molecule has 0 heterocycles. The van der Waals surface area contributed by atoms with Crippen molar-refractivity contribution in [2.75, 3.05) is 5.75 Å². The van der Waals surface area contributed by atoms with E-state index in [0.717, 1.165) is 5.56 Å². The summed E-state index contributed by atoms with van der Waals surface area (Å²) in [6, 6.07) is 7.36. The van der Waals surface area contributed by atoms with E-state index in [9.17, 15) is 18.4 Å². The molecular formula is C12H13F2NO4S. The van der Waals surface area contributed by atoms with Crippen LogP contribution in [-0.2, 0) is 16.1 Å². The third kappa shape index (κ3) is 6.37. The number of hydrogen-bond donors (Lipinski definition) is 2.